The van der Waals surface area contributed by atoms with Gasteiger partial charge in [-0.3, -0.25) is 9.59 Å². The van der Waals surface area contributed by atoms with Gasteiger partial charge in [0.15, 0.2) is 0 Å². The van der Waals surface area contributed by atoms with Crippen LogP contribution in [0, 0.1) is 0 Å². The third-order valence-corrected chi connectivity index (χ3v) is 5.56. The largest absolute Gasteiger partial charge is 0.513 e. The van der Waals surface area contributed by atoms with Gasteiger partial charge in [0.1, 0.15) is 11.5 Å². The lowest BCUT2D eigenvalue weighted by molar-refractivity contribution is 0.0780. The SMILES string of the molecule is CCOC(=O)Oc1ccc(C(=O)N(C)CCCCCCN(C)C(=O)c2ccc(OC(=O)OCC)cc2)cc1. The highest BCUT2D eigenvalue weighted by Gasteiger charge is 2.14. The third-order valence-electron chi connectivity index (χ3n) is 5.56. The number of hydrogen-bond donors (Lipinski definition) is 0. The molecule has 2 aromatic carbocycles. The van der Waals surface area contributed by atoms with Gasteiger partial charge in [0, 0.05) is 38.3 Å². The van der Waals surface area contributed by atoms with Crippen molar-refractivity contribution < 1.29 is 38.1 Å². The summed E-state index contributed by atoms with van der Waals surface area (Å²) < 4.78 is 19.5. The lowest BCUT2D eigenvalue weighted by Crippen LogP contribution is -2.28. The molecule has 10 nitrogen and oxygen atoms in total. The number of ether oxygens (including phenoxy) is 4. The molecular weight excluding hydrogens is 492 g/mol. The Labute approximate surface area is 223 Å². The van der Waals surface area contributed by atoms with E-state index in [-0.39, 0.29) is 25.0 Å². The van der Waals surface area contributed by atoms with Gasteiger partial charge in [-0.25, -0.2) is 9.59 Å². The van der Waals surface area contributed by atoms with Gasteiger partial charge in [-0.05, 0) is 75.2 Å². The second kappa shape index (κ2) is 15.9. The molecule has 0 fully saturated rings. The van der Waals surface area contributed by atoms with E-state index in [0.717, 1.165) is 25.7 Å². The number of hydrogen-bond acceptors (Lipinski definition) is 8. The highest BCUT2D eigenvalue weighted by atomic mass is 16.7. The van der Waals surface area contributed by atoms with E-state index >= 15 is 0 Å². The van der Waals surface area contributed by atoms with Gasteiger partial charge in [-0.1, -0.05) is 12.8 Å². The van der Waals surface area contributed by atoms with Crippen molar-refractivity contribution in [2.24, 2.45) is 0 Å². The van der Waals surface area contributed by atoms with E-state index < -0.39 is 12.3 Å². The topological polar surface area (TPSA) is 112 Å². The first-order valence-corrected chi connectivity index (χ1v) is 12.6. The first-order valence-electron chi connectivity index (χ1n) is 12.6. The van der Waals surface area contributed by atoms with Crippen molar-refractivity contribution in [1.29, 1.82) is 0 Å². The second-order valence-electron chi connectivity index (χ2n) is 8.49. The maximum absolute atomic E-state index is 12.6. The van der Waals surface area contributed by atoms with Crippen molar-refractivity contribution in [1.82, 2.24) is 9.80 Å². The molecule has 0 aliphatic heterocycles. The Hall–Kier alpha value is -4.08. The molecule has 0 bridgehead atoms. The van der Waals surface area contributed by atoms with Crippen LogP contribution < -0.4 is 9.47 Å². The Morgan fingerprint density at radius 2 is 0.921 bits per heavy atom. The number of carbonyl (C=O) groups excluding carboxylic acids is 4. The van der Waals surface area contributed by atoms with Gasteiger partial charge < -0.3 is 28.7 Å². The Bertz CT molecular complexity index is 968. The minimum absolute atomic E-state index is 0.114. The van der Waals surface area contributed by atoms with E-state index in [1.165, 1.54) is 0 Å². The molecule has 0 atom stereocenters. The van der Waals surface area contributed by atoms with Crippen molar-refractivity contribution >= 4 is 24.1 Å². The molecule has 2 rings (SSSR count). The van der Waals surface area contributed by atoms with E-state index in [4.69, 9.17) is 18.9 Å². The summed E-state index contributed by atoms with van der Waals surface area (Å²) in [5.74, 6) is 0.394. The van der Waals surface area contributed by atoms with Crippen molar-refractivity contribution in [3.05, 3.63) is 59.7 Å². The molecule has 38 heavy (non-hydrogen) atoms. The summed E-state index contributed by atoms with van der Waals surface area (Å²) in [6.45, 7) is 5.03. The summed E-state index contributed by atoms with van der Waals surface area (Å²) in [4.78, 5) is 51.3. The summed E-state index contributed by atoms with van der Waals surface area (Å²) in [6.07, 6.45) is 1.96. The molecule has 0 unspecified atom stereocenters. The molecule has 2 aromatic rings. The van der Waals surface area contributed by atoms with Gasteiger partial charge in [0.2, 0.25) is 0 Å². The maximum Gasteiger partial charge on any atom is 0.513 e. The van der Waals surface area contributed by atoms with Crippen molar-refractivity contribution in [2.45, 2.75) is 39.5 Å². The molecule has 0 aliphatic carbocycles. The number of unbranched alkanes of at least 4 members (excludes halogenated alkanes) is 3. The predicted molar refractivity (Wildman–Crippen MR) is 141 cm³/mol. The molecule has 0 N–H and O–H groups in total. The fraction of sp³-hybridized carbons (Fsp3) is 0.429. The fourth-order valence-corrected chi connectivity index (χ4v) is 3.51. The first kappa shape index (κ1) is 30.1. The third kappa shape index (κ3) is 10.1. The van der Waals surface area contributed by atoms with E-state index in [1.54, 1.807) is 86.3 Å². The normalized spacial score (nSPS) is 10.3. The first-order chi connectivity index (χ1) is 18.2. The van der Waals surface area contributed by atoms with E-state index in [0.29, 0.717) is 35.7 Å². The molecule has 0 heterocycles. The quantitative estimate of drug-likeness (QED) is 0.199. The van der Waals surface area contributed by atoms with E-state index in [1.807, 2.05) is 0 Å². The van der Waals surface area contributed by atoms with Crippen LogP contribution in [0.15, 0.2) is 48.5 Å². The summed E-state index contributed by atoms with van der Waals surface area (Å²) >= 11 is 0. The molecular formula is C28H36N2O8. The van der Waals surface area contributed by atoms with Crippen LogP contribution in [0.5, 0.6) is 11.5 Å². The molecule has 0 spiro atoms. The van der Waals surface area contributed by atoms with E-state index in [2.05, 4.69) is 0 Å². The van der Waals surface area contributed by atoms with Crippen molar-refractivity contribution in [3.8, 4) is 11.5 Å². The average molecular weight is 529 g/mol. The Morgan fingerprint density at radius 3 is 1.24 bits per heavy atom. The van der Waals surface area contributed by atoms with Crippen LogP contribution in [0.4, 0.5) is 9.59 Å². The number of benzene rings is 2. The zero-order valence-electron chi connectivity index (χ0n) is 22.4. The molecule has 2 amide bonds. The Balaban J connectivity index is 1.66. The lowest BCUT2D eigenvalue weighted by atomic mass is 10.1. The highest BCUT2D eigenvalue weighted by Crippen LogP contribution is 2.16. The van der Waals surface area contributed by atoms with Crippen LogP contribution in [0.3, 0.4) is 0 Å². The molecule has 206 valence electrons. The lowest BCUT2D eigenvalue weighted by Gasteiger charge is -2.18. The van der Waals surface area contributed by atoms with Gasteiger partial charge in [0.05, 0.1) is 13.2 Å². The highest BCUT2D eigenvalue weighted by molar-refractivity contribution is 5.94. The molecule has 0 saturated carbocycles. The molecule has 0 saturated heterocycles. The minimum Gasteiger partial charge on any atom is -0.434 e. The molecule has 0 aliphatic rings. The summed E-state index contributed by atoms with van der Waals surface area (Å²) in [7, 11) is 3.50. The van der Waals surface area contributed by atoms with Crippen LogP contribution >= 0.6 is 0 Å². The summed E-state index contributed by atoms with van der Waals surface area (Å²) in [5.41, 5.74) is 1.01. The summed E-state index contributed by atoms with van der Waals surface area (Å²) in [6, 6.07) is 12.7. The van der Waals surface area contributed by atoms with Gasteiger partial charge in [-0.2, -0.15) is 0 Å². The molecule has 10 heteroatoms. The van der Waals surface area contributed by atoms with E-state index in [9.17, 15) is 19.2 Å². The van der Waals surface area contributed by atoms with Crippen molar-refractivity contribution in [3.63, 3.8) is 0 Å². The monoisotopic (exact) mass is 528 g/mol. The smallest absolute Gasteiger partial charge is 0.434 e. The number of amides is 2. The second-order valence-corrected chi connectivity index (χ2v) is 8.49. The van der Waals surface area contributed by atoms with Gasteiger partial charge in [-0.15, -0.1) is 0 Å². The number of carbonyl (C=O) groups is 4. The minimum atomic E-state index is -0.782. The Morgan fingerprint density at radius 1 is 0.579 bits per heavy atom. The predicted octanol–water partition coefficient (Wildman–Crippen LogP) is 5.16. The van der Waals surface area contributed by atoms with Gasteiger partial charge >= 0.3 is 12.3 Å². The number of rotatable bonds is 13. The molecule has 0 radical (unpaired) electrons. The number of nitrogens with zero attached hydrogens (tertiary/aromatic N) is 2. The molecule has 0 aromatic heterocycles. The van der Waals surface area contributed by atoms with Crippen LogP contribution in [-0.2, 0) is 9.47 Å². The van der Waals surface area contributed by atoms with Crippen LogP contribution in [0.2, 0.25) is 0 Å². The van der Waals surface area contributed by atoms with Crippen LogP contribution in [-0.4, -0.2) is 74.3 Å². The zero-order valence-corrected chi connectivity index (χ0v) is 22.4. The maximum atomic E-state index is 12.6. The fourth-order valence-electron chi connectivity index (χ4n) is 3.51. The zero-order chi connectivity index (χ0) is 27.9. The van der Waals surface area contributed by atoms with Gasteiger partial charge in [0.25, 0.3) is 11.8 Å². The van der Waals surface area contributed by atoms with Crippen LogP contribution in [0.25, 0.3) is 0 Å². The average Bonchev–Trinajstić information content (AvgIpc) is 2.90. The Kier molecular flexibility index (Phi) is 12.6. The summed E-state index contributed by atoms with van der Waals surface area (Å²) in [5, 5.41) is 0. The van der Waals surface area contributed by atoms with Crippen molar-refractivity contribution in [2.75, 3.05) is 40.4 Å². The van der Waals surface area contributed by atoms with Crippen LogP contribution in [0.1, 0.15) is 60.2 Å². The standard InChI is InChI=1S/C28H36N2O8/c1-5-35-27(33)37-23-15-11-21(12-16-23)25(31)29(3)19-9-7-8-10-20-30(4)26(32)22-13-17-24(18-14-22)38-28(34)36-6-2/h11-18H,5-10,19-20H2,1-4H3.